The molecule has 0 radical (unpaired) electrons. The summed E-state index contributed by atoms with van der Waals surface area (Å²) in [6.07, 6.45) is 12.4. The van der Waals surface area contributed by atoms with E-state index in [1.165, 1.54) is 77.4 Å². The van der Waals surface area contributed by atoms with Crippen molar-refractivity contribution in [3.63, 3.8) is 0 Å². The van der Waals surface area contributed by atoms with E-state index in [0.717, 1.165) is 12.5 Å². The Labute approximate surface area is 123 Å². The predicted molar refractivity (Wildman–Crippen MR) is 82.5 cm³/mol. The lowest BCUT2D eigenvalue weighted by atomic mass is 9.61. The van der Waals surface area contributed by atoms with Gasteiger partial charge in [0.05, 0.1) is 0 Å². The van der Waals surface area contributed by atoms with Crippen LogP contribution in [0.4, 0.5) is 0 Å². The summed E-state index contributed by atoms with van der Waals surface area (Å²) in [6.45, 7) is 5.03. The quantitative estimate of drug-likeness (QED) is 0.816. The summed E-state index contributed by atoms with van der Waals surface area (Å²) in [7, 11) is 0. The monoisotopic (exact) mass is 280 g/mol. The van der Waals surface area contributed by atoms with E-state index in [0.29, 0.717) is 17.4 Å². The van der Waals surface area contributed by atoms with Crippen LogP contribution >= 0.6 is 0 Å². The highest BCUT2D eigenvalue weighted by atomic mass is 16.3. The molecule has 3 aliphatic carbocycles. The van der Waals surface area contributed by atoms with Gasteiger partial charge >= 0.3 is 0 Å². The number of rotatable bonds is 2. The van der Waals surface area contributed by atoms with Crippen molar-refractivity contribution < 1.29 is 5.11 Å². The molecule has 3 N–H and O–H groups in total. The minimum atomic E-state index is 0.342. The van der Waals surface area contributed by atoms with Gasteiger partial charge in [-0.3, -0.25) is 0 Å². The van der Waals surface area contributed by atoms with Crippen LogP contribution in [0.2, 0.25) is 0 Å². The maximum Gasteiger partial charge on any atom is 0.0488 e. The Morgan fingerprint density at radius 2 is 1.35 bits per heavy atom. The molecule has 0 aromatic carbocycles. The van der Waals surface area contributed by atoms with Gasteiger partial charge in [-0.05, 0) is 101 Å². The molecule has 3 nitrogen and oxygen atoms in total. The molecule has 116 valence electrons. The van der Waals surface area contributed by atoms with Gasteiger partial charge in [0.15, 0.2) is 0 Å². The maximum atomic E-state index is 9.15. The van der Waals surface area contributed by atoms with Crippen LogP contribution in [0.1, 0.15) is 57.8 Å². The summed E-state index contributed by atoms with van der Waals surface area (Å²) in [6, 6.07) is 0. The molecule has 0 spiro atoms. The topological polar surface area (TPSA) is 49.5 Å². The van der Waals surface area contributed by atoms with Crippen LogP contribution in [0.3, 0.4) is 0 Å². The number of piperidine rings is 3. The Morgan fingerprint density at radius 1 is 0.850 bits per heavy atom. The van der Waals surface area contributed by atoms with Gasteiger partial charge in [0, 0.05) is 6.61 Å². The van der Waals surface area contributed by atoms with Gasteiger partial charge in [0.1, 0.15) is 0 Å². The van der Waals surface area contributed by atoms with Crippen molar-refractivity contribution in [3.05, 3.63) is 0 Å². The highest BCUT2D eigenvalue weighted by molar-refractivity contribution is 4.92. The number of nitrogens with zero attached hydrogens (tertiary/aromatic N) is 1. The molecule has 3 heterocycles. The summed E-state index contributed by atoms with van der Waals surface area (Å²) in [5.41, 5.74) is 6.72. The first-order chi connectivity index (χ1) is 9.69. The van der Waals surface area contributed by atoms with Crippen molar-refractivity contribution in [3.8, 4) is 0 Å². The molecule has 0 atom stereocenters. The fourth-order valence-corrected chi connectivity index (χ4v) is 4.78. The minimum Gasteiger partial charge on any atom is -0.396 e. The van der Waals surface area contributed by atoms with E-state index in [1.807, 2.05) is 0 Å². The Kier molecular flexibility index (Phi) is 4.40. The van der Waals surface area contributed by atoms with Crippen LogP contribution in [0.25, 0.3) is 0 Å². The van der Waals surface area contributed by atoms with Gasteiger partial charge in [-0.2, -0.15) is 0 Å². The standard InChI is InChI=1S/C9H17N.C8H15NO/c10-7-9-4-1-8(2-5-9)3-6-9;10-7-8-1-4-9(5-2-8)6-3-8/h8H,1-7,10H2;10H,1-7H2. The van der Waals surface area contributed by atoms with E-state index in [2.05, 4.69) is 4.90 Å². The molecule has 6 aliphatic rings. The van der Waals surface area contributed by atoms with E-state index >= 15 is 0 Å². The van der Waals surface area contributed by atoms with Crippen LogP contribution in [0, 0.1) is 16.7 Å². The summed E-state index contributed by atoms with van der Waals surface area (Å²) in [5.74, 6) is 1.08. The van der Waals surface area contributed by atoms with E-state index in [-0.39, 0.29) is 0 Å². The largest absolute Gasteiger partial charge is 0.396 e. The zero-order valence-electron chi connectivity index (χ0n) is 12.9. The van der Waals surface area contributed by atoms with Crippen LogP contribution in [-0.2, 0) is 0 Å². The van der Waals surface area contributed by atoms with Crippen molar-refractivity contribution in [2.75, 3.05) is 32.8 Å². The molecule has 0 unspecified atom stereocenters. The lowest BCUT2D eigenvalue weighted by Gasteiger charge is -2.47. The summed E-state index contributed by atoms with van der Waals surface area (Å²) >= 11 is 0. The number of hydrogen-bond acceptors (Lipinski definition) is 3. The zero-order chi connectivity index (χ0) is 14.1. The van der Waals surface area contributed by atoms with E-state index in [1.54, 1.807) is 0 Å². The van der Waals surface area contributed by atoms with Crippen molar-refractivity contribution in [2.24, 2.45) is 22.5 Å². The van der Waals surface area contributed by atoms with Gasteiger partial charge in [-0.1, -0.05) is 0 Å². The number of nitrogens with two attached hydrogens (primary N) is 1. The molecule has 20 heavy (non-hydrogen) atoms. The Balaban J connectivity index is 0.000000121. The van der Waals surface area contributed by atoms with Crippen molar-refractivity contribution in [1.29, 1.82) is 0 Å². The molecule has 3 heteroatoms. The summed E-state index contributed by atoms with van der Waals surface area (Å²) in [5, 5.41) is 9.15. The molecule has 4 bridgehead atoms. The molecule has 0 aromatic heterocycles. The molecule has 3 saturated heterocycles. The highest BCUT2D eigenvalue weighted by Gasteiger charge is 2.39. The first-order valence-electron chi connectivity index (χ1n) is 8.73. The lowest BCUT2D eigenvalue weighted by Crippen LogP contribution is -2.49. The van der Waals surface area contributed by atoms with Gasteiger partial charge in [-0.15, -0.1) is 0 Å². The minimum absolute atomic E-state index is 0.342. The number of aliphatic hydroxyl groups is 1. The number of hydrogen-bond donors (Lipinski definition) is 2. The molecule has 0 aromatic rings. The molecule has 6 fully saturated rings. The average Bonchev–Trinajstić information content (AvgIpc) is 2.59. The van der Waals surface area contributed by atoms with Crippen LogP contribution in [0.5, 0.6) is 0 Å². The van der Waals surface area contributed by atoms with Gasteiger partial charge < -0.3 is 15.7 Å². The third-order valence-electron chi connectivity index (χ3n) is 6.89. The van der Waals surface area contributed by atoms with Gasteiger partial charge in [-0.25, -0.2) is 0 Å². The summed E-state index contributed by atoms with van der Waals surface area (Å²) in [4.78, 5) is 2.50. The fraction of sp³-hybridized carbons (Fsp3) is 1.00. The molecule has 3 aliphatic heterocycles. The Bertz CT molecular complexity index is 255. The van der Waals surface area contributed by atoms with Crippen molar-refractivity contribution in [1.82, 2.24) is 4.90 Å². The van der Waals surface area contributed by atoms with Crippen LogP contribution in [0.15, 0.2) is 0 Å². The van der Waals surface area contributed by atoms with E-state index < -0.39 is 0 Å². The van der Waals surface area contributed by atoms with Crippen LogP contribution < -0.4 is 5.73 Å². The normalized spacial score (nSPS) is 45.9. The second-order valence-corrected chi connectivity index (χ2v) is 7.94. The van der Waals surface area contributed by atoms with Gasteiger partial charge in [0.2, 0.25) is 0 Å². The lowest BCUT2D eigenvalue weighted by molar-refractivity contribution is -0.0152. The average molecular weight is 280 g/mol. The number of aliphatic hydroxyl groups excluding tert-OH is 1. The fourth-order valence-electron chi connectivity index (χ4n) is 4.78. The smallest absolute Gasteiger partial charge is 0.0488 e. The van der Waals surface area contributed by atoms with Gasteiger partial charge in [0.25, 0.3) is 0 Å². The Morgan fingerprint density at radius 3 is 1.65 bits per heavy atom. The summed E-state index contributed by atoms with van der Waals surface area (Å²) < 4.78 is 0. The van der Waals surface area contributed by atoms with Crippen LogP contribution in [-0.4, -0.2) is 42.8 Å². The first kappa shape index (κ1) is 14.8. The molecular weight excluding hydrogens is 248 g/mol. The first-order valence-corrected chi connectivity index (χ1v) is 8.73. The predicted octanol–water partition coefficient (Wildman–Crippen LogP) is 2.38. The second kappa shape index (κ2) is 5.94. The Hall–Kier alpha value is -0.120. The molecule has 3 saturated carbocycles. The third-order valence-corrected chi connectivity index (χ3v) is 6.89. The van der Waals surface area contributed by atoms with E-state index in [9.17, 15) is 0 Å². The van der Waals surface area contributed by atoms with Crippen molar-refractivity contribution >= 4 is 0 Å². The van der Waals surface area contributed by atoms with Crippen molar-refractivity contribution in [2.45, 2.75) is 57.8 Å². The number of fused-ring (bicyclic) bond motifs is 6. The highest BCUT2D eigenvalue weighted by Crippen LogP contribution is 2.49. The zero-order valence-corrected chi connectivity index (χ0v) is 12.9. The third kappa shape index (κ3) is 2.90. The molecular formula is C17H32N2O. The molecule has 6 rings (SSSR count). The second-order valence-electron chi connectivity index (χ2n) is 7.94. The van der Waals surface area contributed by atoms with E-state index in [4.69, 9.17) is 10.8 Å². The molecule has 0 amide bonds. The maximum absolute atomic E-state index is 9.15. The SMILES string of the molecule is NCC12CCC(CC1)CC2.OCC12CCN(CC1)CC2.